The van der Waals surface area contributed by atoms with Crippen molar-refractivity contribution < 1.29 is 18.0 Å². The molecule has 22 heavy (non-hydrogen) atoms. The lowest BCUT2D eigenvalue weighted by Crippen LogP contribution is -2.38. The number of benzene rings is 1. The van der Waals surface area contributed by atoms with Crippen LogP contribution in [0.1, 0.15) is 30.4 Å². The summed E-state index contributed by atoms with van der Waals surface area (Å²) in [5, 5.41) is 8.91. The van der Waals surface area contributed by atoms with Crippen LogP contribution in [0.3, 0.4) is 0 Å². The van der Waals surface area contributed by atoms with E-state index < -0.39 is 17.6 Å². The molecule has 2 N–H and O–H groups in total. The molecule has 1 amide bonds. The molecule has 0 spiro atoms. The van der Waals surface area contributed by atoms with Gasteiger partial charge in [0.2, 0.25) is 5.91 Å². The van der Waals surface area contributed by atoms with E-state index in [1.54, 1.807) is 4.90 Å². The van der Waals surface area contributed by atoms with Crippen LogP contribution in [0, 0.1) is 17.2 Å². The van der Waals surface area contributed by atoms with E-state index in [-0.39, 0.29) is 23.6 Å². The minimum atomic E-state index is -4.49. The van der Waals surface area contributed by atoms with Crippen LogP contribution in [0.15, 0.2) is 18.2 Å². The molecular weight excluding hydrogens is 295 g/mol. The maximum Gasteiger partial charge on any atom is 0.418 e. The predicted molar refractivity (Wildman–Crippen MR) is 74.9 cm³/mol. The van der Waals surface area contributed by atoms with Gasteiger partial charge in [0.15, 0.2) is 0 Å². The molecule has 0 bridgehead atoms. The molecule has 1 saturated heterocycles. The SMILES string of the molecule is N#Cc1ccc(C(F)(F)F)c(N2CCC[C@H](CC(N)=O)C2)c1. The number of carbonyl (C=O) groups excluding carboxylic acids is 1. The van der Waals surface area contributed by atoms with Crippen LogP contribution in [0.2, 0.25) is 0 Å². The molecular formula is C15H16F3N3O. The first-order valence-electron chi connectivity index (χ1n) is 6.96. The first-order chi connectivity index (χ1) is 10.3. The van der Waals surface area contributed by atoms with Crippen molar-refractivity contribution in [1.82, 2.24) is 0 Å². The number of piperidine rings is 1. The Kier molecular flexibility index (Phi) is 4.59. The Morgan fingerprint density at radius 3 is 2.77 bits per heavy atom. The monoisotopic (exact) mass is 311 g/mol. The average Bonchev–Trinajstić information content (AvgIpc) is 2.45. The normalized spacial score (nSPS) is 18.8. The Bertz CT molecular complexity index is 607. The van der Waals surface area contributed by atoms with Crippen LogP contribution in [0.4, 0.5) is 18.9 Å². The molecule has 118 valence electrons. The highest BCUT2D eigenvalue weighted by Crippen LogP contribution is 2.38. The van der Waals surface area contributed by atoms with Crippen LogP contribution in [-0.2, 0) is 11.0 Å². The van der Waals surface area contributed by atoms with Gasteiger partial charge < -0.3 is 10.6 Å². The lowest BCUT2D eigenvalue weighted by Gasteiger charge is -2.35. The minimum Gasteiger partial charge on any atom is -0.371 e. The molecule has 0 aliphatic carbocycles. The molecule has 1 aromatic carbocycles. The highest BCUT2D eigenvalue weighted by molar-refractivity contribution is 5.74. The zero-order chi connectivity index (χ0) is 16.3. The van der Waals surface area contributed by atoms with Crippen molar-refractivity contribution >= 4 is 11.6 Å². The van der Waals surface area contributed by atoms with E-state index in [4.69, 9.17) is 11.0 Å². The number of rotatable bonds is 3. The van der Waals surface area contributed by atoms with Gasteiger partial charge in [-0.3, -0.25) is 4.79 Å². The van der Waals surface area contributed by atoms with E-state index in [2.05, 4.69) is 0 Å². The summed E-state index contributed by atoms with van der Waals surface area (Å²) in [7, 11) is 0. The fourth-order valence-corrected chi connectivity index (χ4v) is 2.84. The topological polar surface area (TPSA) is 70.1 Å². The smallest absolute Gasteiger partial charge is 0.371 e. The summed E-state index contributed by atoms with van der Waals surface area (Å²) in [6.45, 7) is 0.800. The summed E-state index contributed by atoms with van der Waals surface area (Å²) >= 11 is 0. The zero-order valence-electron chi connectivity index (χ0n) is 11.9. The van der Waals surface area contributed by atoms with Crippen molar-refractivity contribution in [3.63, 3.8) is 0 Å². The quantitative estimate of drug-likeness (QED) is 0.933. The summed E-state index contributed by atoms with van der Waals surface area (Å²) in [6, 6.07) is 5.22. The maximum absolute atomic E-state index is 13.2. The van der Waals surface area contributed by atoms with Crippen molar-refractivity contribution in [2.45, 2.75) is 25.4 Å². The fourth-order valence-electron chi connectivity index (χ4n) is 2.84. The second kappa shape index (κ2) is 6.26. The second-order valence-corrected chi connectivity index (χ2v) is 5.47. The van der Waals surface area contributed by atoms with E-state index in [1.165, 1.54) is 6.07 Å². The van der Waals surface area contributed by atoms with Crippen LogP contribution in [-0.4, -0.2) is 19.0 Å². The molecule has 0 radical (unpaired) electrons. The fraction of sp³-hybridized carbons (Fsp3) is 0.467. The first kappa shape index (κ1) is 16.1. The van der Waals surface area contributed by atoms with Crippen LogP contribution in [0.5, 0.6) is 0 Å². The molecule has 4 nitrogen and oxygen atoms in total. The standard InChI is InChI=1S/C15H16F3N3O/c16-15(17,18)12-4-3-10(8-19)6-13(12)21-5-1-2-11(9-21)7-14(20)22/h3-4,6,11H,1-2,5,7,9H2,(H2,20,22)/t11-/m1/s1. The summed E-state index contributed by atoms with van der Waals surface area (Å²) in [5.74, 6) is -0.508. The summed E-state index contributed by atoms with van der Waals surface area (Å²) in [6.07, 6.45) is -2.87. The van der Waals surface area contributed by atoms with E-state index in [9.17, 15) is 18.0 Å². The van der Waals surface area contributed by atoms with Gasteiger partial charge in [-0.2, -0.15) is 18.4 Å². The number of anilines is 1. The molecule has 1 heterocycles. The third-order valence-corrected chi connectivity index (χ3v) is 3.78. The Hall–Kier alpha value is -2.23. The van der Waals surface area contributed by atoms with E-state index in [0.717, 1.165) is 18.6 Å². The largest absolute Gasteiger partial charge is 0.418 e. The number of nitrogens with zero attached hydrogens (tertiary/aromatic N) is 2. The predicted octanol–water partition coefficient (Wildman–Crippen LogP) is 2.67. The number of hydrogen-bond acceptors (Lipinski definition) is 3. The van der Waals surface area contributed by atoms with Gasteiger partial charge in [0, 0.05) is 19.5 Å². The third kappa shape index (κ3) is 3.70. The lowest BCUT2D eigenvalue weighted by molar-refractivity contribution is -0.137. The number of halogens is 3. The highest BCUT2D eigenvalue weighted by atomic mass is 19.4. The number of nitrogens with two attached hydrogens (primary N) is 1. The van der Waals surface area contributed by atoms with Crippen LogP contribution < -0.4 is 10.6 Å². The van der Waals surface area contributed by atoms with Crippen LogP contribution in [0.25, 0.3) is 0 Å². The van der Waals surface area contributed by atoms with Crippen molar-refractivity contribution in [1.29, 1.82) is 5.26 Å². The molecule has 1 aliphatic heterocycles. The summed E-state index contributed by atoms with van der Waals surface area (Å²) in [4.78, 5) is 12.6. The van der Waals surface area contributed by atoms with Crippen LogP contribution >= 0.6 is 0 Å². The molecule has 1 atom stereocenters. The van der Waals surface area contributed by atoms with Crippen molar-refractivity contribution in [3.8, 4) is 6.07 Å². The number of alkyl halides is 3. The number of amides is 1. The zero-order valence-corrected chi connectivity index (χ0v) is 11.9. The van der Waals surface area contributed by atoms with Crippen molar-refractivity contribution in [2.75, 3.05) is 18.0 Å². The Labute approximate surface area is 126 Å². The van der Waals surface area contributed by atoms with Gasteiger partial charge in [0.1, 0.15) is 0 Å². The van der Waals surface area contributed by atoms with Gasteiger partial charge in [-0.1, -0.05) is 0 Å². The Morgan fingerprint density at radius 2 is 2.18 bits per heavy atom. The maximum atomic E-state index is 13.2. The summed E-state index contributed by atoms with van der Waals surface area (Å²) in [5.41, 5.74) is 4.59. The number of hydrogen-bond donors (Lipinski definition) is 1. The highest BCUT2D eigenvalue weighted by Gasteiger charge is 2.36. The molecule has 1 fully saturated rings. The van der Waals surface area contributed by atoms with Gasteiger partial charge in [-0.15, -0.1) is 0 Å². The van der Waals surface area contributed by atoms with Gasteiger partial charge in [0.25, 0.3) is 0 Å². The third-order valence-electron chi connectivity index (χ3n) is 3.78. The Morgan fingerprint density at radius 1 is 1.45 bits per heavy atom. The van der Waals surface area contributed by atoms with E-state index in [0.29, 0.717) is 19.5 Å². The minimum absolute atomic E-state index is 0.000667. The molecule has 1 aromatic rings. The number of nitriles is 1. The van der Waals surface area contributed by atoms with Gasteiger partial charge in [0.05, 0.1) is 22.9 Å². The van der Waals surface area contributed by atoms with E-state index in [1.807, 2.05) is 6.07 Å². The van der Waals surface area contributed by atoms with Crippen molar-refractivity contribution in [2.24, 2.45) is 11.7 Å². The number of carbonyl (C=O) groups is 1. The first-order valence-corrected chi connectivity index (χ1v) is 6.96. The summed E-state index contributed by atoms with van der Waals surface area (Å²) < 4.78 is 39.5. The molecule has 1 aliphatic rings. The lowest BCUT2D eigenvalue weighted by atomic mass is 9.93. The molecule has 0 saturated carbocycles. The van der Waals surface area contributed by atoms with Crippen molar-refractivity contribution in [3.05, 3.63) is 29.3 Å². The van der Waals surface area contributed by atoms with Gasteiger partial charge in [-0.25, -0.2) is 0 Å². The second-order valence-electron chi connectivity index (χ2n) is 5.47. The van der Waals surface area contributed by atoms with E-state index >= 15 is 0 Å². The Balaban J connectivity index is 2.33. The molecule has 0 aromatic heterocycles. The molecule has 2 rings (SSSR count). The number of primary amides is 1. The molecule has 0 unspecified atom stereocenters. The van der Waals surface area contributed by atoms with Gasteiger partial charge >= 0.3 is 6.18 Å². The average molecular weight is 311 g/mol. The van der Waals surface area contributed by atoms with Gasteiger partial charge in [-0.05, 0) is 37.0 Å². The molecule has 7 heteroatoms.